The molecule has 1 fully saturated rings. The number of rotatable bonds is 5. The van der Waals surface area contributed by atoms with E-state index in [1.165, 1.54) is 11.3 Å². The Balaban J connectivity index is 2.09. The molecule has 0 bridgehead atoms. The Morgan fingerprint density at radius 1 is 1.45 bits per heavy atom. The van der Waals surface area contributed by atoms with Crippen LogP contribution < -0.4 is 4.72 Å². The summed E-state index contributed by atoms with van der Waals surface area (Å²) in [6, 6.07) is 3.34. The number of halogens is 1. The zero-order valence-corrected chi connectivity index (χ0v) is 14.9. The quantitative estimate of drug-likeness (QED) is 0.848. The van der Waals surface area contributed by atoms with Crippen molar-refractivity contribution in [3.8, 4) is 0 Å². The van der Waals surface area contributed by atoms with Gasteiger partial charge < -0.3 is 4.74 Å². The van der Waals surface area contributed by atoms with Crippen LogP contribution in [0.2, 0.25) is 0 Å². The van der Waals surface area contributed by atoms with Crippen molar-refractivity contribution >= 4 is 37.3 Å². The molecule has 0 amide bonds. The molecule has 1 aromatic rings. The molecule has 0 radical (unpaired) electrons. The lowest BCUT2D eigenvalue weighted by atomic mass is 9.86. The van der Waals surface area contributed by atoms with Gasteiger partial charge in [-0.25, -0.2) is 13.1 Å². The van der Waals surface area contributed by atoms with Crippen molar-refractivity contribution in [3.63, 3.8) is 0 Å². The highest BCUT2D eigenvalue weighted by Crippen LogP contribution is 2.33. The summed E-state index contributed by atoms with van der Waals surface area (Å²) in [6.07, 6.45) is 3.29. The summed E-state index contributed by atoms with van der Waals surface area (Å²) in [6.45, 7) is 4.80. The van der Waals surface area contributed by atoms with E-state index in [-0.39, 0.29) is 11.6 Å². The van der Waals surface area contributed by atoms with Gasteiger partial charge in [-0.15, -0.1) is 11.3 Å². The summed E-state index contributed by atoms with van der Waals surface area (Å²) in [5.41, 5.74) is -0.179. The molecule has 1 aliphatic heterocycles. The van der Waals surface area contributed by atoms with E-state index in [0.29, 0.717) is 10.8 Å². The predicted molar refractivity (Wildman–Crippen MR) is 84.6 cm³/mol. The first kappa shape index (κ1) is 16.4. The summed E-state index contributed by atoms with van der Waals surface area (Å²) >= 11 is 4.53. The average Bonchev–Trinajstić information content (AvgIpc) is 2.86. The monoisotopic (exact) mass is 381 g/mol. The number of sulfonamides is 1. The van der Waals surface area contributed by atoms with Crippen molar-refractivity contribution < 1.29 is 13.2 Å². The van der Waals surface area contributed by atoms with Gasteiger partial charge in [0.05, 0.1) is 9.39 Å². The Morgan fingerprint density at radius 2 is 2.15 bits per heavy atom. The van der Waals surface area contributed by atoms with Gasteiger partial charge in [-0.1, -0.05) is 13.8 Å². The highest BCUT2D eigenvalue weighted by molar-refractivity contribution is 9.11. The van der Waals surface area contributed by atoms with Crippen LogP contribution in [-0.2, 0) is 14.8 Å². The molecule has 0 aromatic carbocycles. The molecule has 20 heavy (non-hydrogen) atoms. The Kier molecular flexibility index (Phi) is 5.29. The van der Waals surface area contributed by atoms with E-state index in [0.717, 1.165) is 29.5 Å². The molecule has 1 unspecified atom stereocenters. The summed E-state index contributed by atoms with van der Waals surface area (Å²) in [5.74, 6) is 0. The molecule has 1 saturated heterocycles. The summed E-state index contributed by atoms with van der Waals surface area (Å²) in [7, 11) is -3.42. The van der Waals surface area contributed by atoms with Crippen LogP contribution in [0.1, 0.15) is 39.5 Å². The second-order valence-corrected chi connectivity index (χ2v) is 9.51. The molecule has 1 aliphatic rings. The van der Waals surface area contributed by atoms with Crippen LogP contribution in [0.4, 0.5) is 0 Å². The lowest BCUT2D eigenvalue weighted by Crippen LogP contribution is -2.47. The highest BCUT2D eigenvalue weighted by atomic mass is 79.9. The van der Waals surface area contributed by atoms with Crippen molar-refractivity contribution in [1.29, 1.82) is 0 Å². The van der Waals surface area contributed by atoms with Crippen LogP contribution in [0, 0.1) is 0 Å². The smallest absolute Gasteiger partial charge is 0.250 e. The normalized spacial score (nSPS) is 22.9. The van der Waals surface area contributed by atoms with E-state index in [4.69, 9.17) is 4.74 Å². The minimum Gasteiger partial charge on any atom is -0.375 e. The number of nitrogens with one attached hydrogen (secondary N) is 1. The molecule has 114 valence electrons. The third-order valence-electron chi connectivity index (χ3n) is 3.92. The molecule has 4 nitrogen and oxygen atoms in total. The number of ether oxygens (including phenoxy) is 1. The van der Waals surface area contributed by atoms with E-state index in [1.807, 2.05) is 0 Å². The van der Waals surface area contributed by atoms with Crippen LogP contribution in [0.3, 0.4) is 0 Å². The SMILES string of the molecule is CCC1(CC)CC(NS(=O)(=O)c2ccc(Br)s2)CCO1. The van der Waals surface area contributed by atoms with Crippen molar-refractivity contribution in [1.82, 2.24) is 4.72 Å². The van der Waals surface area contributed by atoms with Gasteiger partial charge in [-0.3, -0.25) is 0 Å². The van der Waals surface area contributed by atoms with Crippen LogP contribution in [0.5, 0.6) is 0 Å². The number of hydrogen-bond acceptors (Lipinski definition) is 4. The van der Waals surface area contributed by atoms with Gasteiger partial charge in [-0.2, -0.15) is 0 Å². The molecular formula is C13H20BrNO3S2. The van der Waals surface area contributed by atoms with Crippen LogP contribution in [-0.4, -0.2) is 26.7 Å². The maximum absolute atomic E-state index is 12.3. The van der Waals surface area contributed by atoms with Crippen molar-refractivity contribution in [2.45, 2.75) is 55.4 Å². The first-order valence-electron chi connectivity index (χ1n) is 6.82. The van der Waals surface area contributed by atoms with E-state index in [9.17, 15) is 8.42 Å². The maximum Gasteiger partial charge on any atom is 0.250 e. The Labute approximate surface area is 133 Å². The van der Waals surface area contributed by atoms with Crippen molar-refractivity contribution in [2.75, 3.05) is 6.61 Å². The Morgan fingerprint density at radius 3 is 2.70 bits per heavy atom. The highest BCUT2D eigenvalue weighted by Gasteiger charge is 2.36. The van der Waals surface area contributed by atoms with E-state index in [1.54, 1.807) is 12.1 Å². The minimum absolute atomic E-state index is 0.0467. The number of thiophene rings is 1. The molecule has 2 heterocycles. The molecule has 1 atom stereocenters. The predicted octanol–water partition coefficient (Wildman–Crippen LogP) is 3.53. The van der Waals surface area contributed by atoms with Gasteiger partial charge in [0.2, 0.25) is 10.0 Å². The standard InChI is InChI=1S/C13H20BrNO3S2/c1-3-13(4-2)9-10(7-8-18-13)15-20(16,17)12-6-5-11(14)19-12/h5-6,10,15H,3-4,7-9H2,1-2H3. The fourth-order valence-corrected chi connectivity index (χ4v) is 5.89. The average molecular weight is 382 g/mol. The third kappa shape index (κ3) is 3.62. The Hall–Kier alpha value is 0.0500. The van der Waals surface area contributed by atoms with Crippen molar-refractivity contribution in [3.05, 3.63) is 15.9 Å². The second kappa shape index (κ2) is 6.44. The van der Waals surface area contributed by atoms with E-state index < -0.39 is 10.0 Å². The van der Waals surface area contributed by atoms with Gasteiger partial charge >= 0.3 is 0 Å². The number of hydrogen-bond donors (Lipinski definition) is 1. The van der Waals surface area contributed by atoms with Crippen LogP contribution in [0.25, 0.3) is 0 Å². The van der Waals surface area contributed by atoms with E-state index >= 15 is 0 Å². The first-order chi connectivity index (χ1) is 9.41. The first-order valence-corrected chi connectivity index (χ1v) is 9.91. The largest absolute Gasteiger partial charge is 0.375 e. The van der Waals surface area contributed by atoms with Crippen molar-refractivity contribution in [2.24, 2.45) is 0 Å². The van der Waals surface area contributed by atoms with Gasteiger partial charge in [0.15, 0.2) is 0 Å². The van der Waals surface area contributed by atoms with Gasteiger partial charge in [-0.05, 0) is 53.7 Å². The maximum atomic E-state index is 12.3. The zero-order chi connectivity index (χ0) is 14.8. The van der Waals surface area contributed by atoms with Gasteiger partial charge in [0.1, 0.15) is 4.21 Å². The molecular weight excluding hydrogens is 362 g/mol. The molecule has 0 saturated carbocycles. The Bertz CT molecular complexity index is 552. The molecule has 1 aromatic heterocycles. The summed E-state index contributed by atoms with van der Waals surface area (Å²) in [5, 5.41) is 0. The summed E-state index contributed by atoms with van der Waals surface area (Å²) in [4.78, 5) is 0. The lowest BCUT2D eigenvalue weighted by molar-refractivity contribution is -0.0905. The third-order valence-corrected chi connectivity index (χ3v) is 7.55. The lowest BCUT2D eigenvalue weighted by Gasteiger charge is -2.40. The second-order valence-electron chi connectivity index (χ2n) is 5.11. The molecule has 0 spiro atoms. The fourth-order valence-electron chi connectivity index (χ4n) is 2.59. The van der Waals surface area contributed by atoms with E-state index in [2.05, 4.69) is 34.5 Å². The molecule has 2 rings (SSSR count). The molecule has 0 aliphatic carbocycles. The molecule has 1 N–H and O–H groups in total. The van der Waals surface area contributed by atoms with Gasteiger partial charge in [0, 0.05) is 12.6 Å². The summed E-state index contributed by atoms with van der Waals surface area (Å²) < 4.78 is 34.6. The van der Waals surface area contributed by atoms with Crippen LogP contribution in [0.15, 0.2) is 20.1 Å². The van der Waals surface area contributed by atoms with Crippen LogP contribution >= 0.6 is 27.3 Å². The molecule has 7 heteroatoms. The topological polar surface area (TPSA) is 55.4 Å². The fraction of sp³-hybridized carbons (Fsp3) is 0.692. The minimum atomic E-state index is -3.42. The zero-order valence-electron chi connectivity index (χ0n) is 11.7. The van der Waals surface area contributed by atoms with Gasteiger partial charge in [0.25, 0.3) is 0 Å².